The van der Waals surface area contributed by atoms with Gasteiger partial charge in [-0.1, -0.05) is 6.42 Å². The van der Waals surface area contributed by atoms with Crippen molar-refractivity contribution < 1.29 is 29.4 Å². The number of aliphatic carboxylic acids is 2. The summed E-state index contributed by atoms with van der Waals surface area (Å²) >= 11 is 0. The van der Waals surface area contributed by atoms with Gasteiger partial charge in [-0.05, 0) is 52.0 Å². The first-order valence-electron chi connectivity index (χ1n) is 9.34. The van der Waals surface area contributed by atoms with Crippen molar-refractivity contribution in [1.29, 1.82) is 0 Å². The molecule has 2 fully saturated rings. The van der Waals surface area contributed by atoms with E-state index >= 15 is 0 Å². The quantitative estimate of drug-likeness (QED) is 0.586. The summed E-state index contributed by atoms with van der Waals surface area (Å²) in [5.74, 6) is -2.16. The summed E-state index contributed by atoms with van der Waals surface area (Å²) in [6, 6.07) is -2.17. The van der Waals surface area contributed by atoms with E-state index in [1.54, 1.807) is 4.90 Å². The Labute approximate surface area is 153 Å². The maximum Gasteiger partial charge on any atom is 0.326 e. The molecule has 0 aliphatic carbocycles. The number of hydrogen-bond donors (Lipinski definition) is 2. The normalized spacial score (nSPS) is 24.6. The number of nitrogens with zero attached hydrogens (tertiary/aromatic N) is 2. The Hall–Kier alpha value is -1.96. The van der Waals surface area contributed by atoms with Crippen molar-refractivity contribution in [2.24, 2.45) is 0 Å². The molecular formula is C18H28N2O6. The average molecular weight is 368 g/mol. The predicted octanol–water partition coefficient (Wildman–Crippen LogP) is 1.13. The molecular weight excluding hydrogens is 340 g/mol. The van der Waals surface area contributed by atoms with E-state index in [9.17, 15) is 29.4 Å². The highest BCUT2D eigenvalue weighted by Crippen LogP contribution is 2.27. The zero-order chi connectivity index (χ0) is 19.3. The lowest BCUT2D eigenvalue weighted by Crippen LogP contribution is -2.54. The molecule has 2 aliphatic heterocycles. The predicted molar refractivity (Wildman–Crippen MR) is 92.7 cm³/mol. The van der Waals surface area contributed by atoms with E-state index in [0.29, 0.717) is 64.5 Å². The molecule has 8 heteroatoms. The Morgan fingerprint density at radius 3 is 2.19 bits per heavy atom. The van der Waals surface area contributed by atoms with Gasteiger partial charge in [-0.2, -0.15) is 0 Å². The molecule has 2 rings (SSSR count). The topological polar surface area (TPSA) is 115 Å². The molecule has 0 aromatic heterocycles. The number of carboxylic acid groups (broad SMARTS) is 2. The average Bonchev–Trinajstić information content (AvgIpc) is 3.23. The zero-order valence-electron chi connectivity index (χ0n) is 15.2. The number of carbonyl (C=O) groups excluding carboxylic acids is 2. The molecule has 0 radical (unpaired) electrons. The van der Waals surface area contributed by atoms with E-state index in [-0.39, 0.29) is 11.7 Å². The molecule has 2 N–H and O–H groups in total. The van der Waals surface area contributed by atoms with Crippen LogP contribution in [0.5, 0.6) is 0 Å². The summed E-state index contributed by atoms with van der Waals surface area (Å²) < 4.78 is 0. The molecule has 1 amide bonds. The number of hydrogen-bond acceptors (Lipinski definition) is 5. The van der Waals surface area contributed by atoms with Gasteiger partial charge >= 0.3 is 11.9 Å². The number of carbonyl (C=O) groups is 4. The second kappa shape index (κ2) is 9.12. The first kappa shape index (κ1) is 20.4. The lowest BCUT2D eigenvalue weighted by Gasteiger charge is -2.34. The van der Waals surface area contributed by atoms with Gasteiger partial charge in [0.1, 0.15) is 17.9 Å². The molecule has 0 spiro atoms. The smallest absolute Gasteiger partial charge is 0.326 e. The fraction of sp³-hybridized carbons (Fsp3) is 0.778. The molecule has 0 aromatic carbocycles. The summed E-state index contributed by atoms with van der Waals surface area (Å²) in [5, 5.41) is 18.8. The van der Waals surface area contributed by atoms with Crippen LogP contribution in [0.15, 0.2) is 0 Å². The highest BCUT2D eigenvalue weighted by atomic mass is 16.4. The second-order valence-electron chi connectivity index (χ2n) is 7.23. The van der Waals surface area contributed by atoms with Crippen LogP contribution in [0.1, 0.15) is 58.3 Å². The molecule has 26 heavy (non-hydrogen) atoms. The third-order valence-corrected chi connectivity index (χ3v) is 5.34. The van der Waals surface area contributed by atoms with Gasteiger partial charge in [0.15, 0.2) is 0 Å². The summed E-state index contributed by atoms with van der Waals surface area (Å²) in [6.07, 6.45) is 4.43. The Balaban J connectivity index is 2.13. The number of rotatable bonds is 9. The van der Waals surface area contributed by atoms with Crippen molar-refractivity contribution in [2.45, 2.75) is 76.4 Å². The van der Waals surface area contributed by atoms with Crippen LogP contribution in [0.25, 0.3) is 0 Å². The van der Waals surface area contributed by atoms with Crippen molar-refractivity contribution in [3.63, 3.8) is 0 Å². The standard InChI is InChI=1S/C18H28N2O6/c1-12(21)6-2-3-7-13(19-10-4-8-14(19)17(23)24)16(22)20-11-5-9-15(20)18(25)26/h13-15H,2-11H2,1H3,(H,23,24)(H,25,26)/t13-,14-,15?/m1/s1. The first-order chi connectivity index (χ1) is 12.3. The van der Waals surface area contributed by atoms with E-state index in [0.717, 1.165) is 0 Å². The Morgan fingerprint density at radius 1 is 0.962 bits per heavy atom. The molecule has 0 saturated carbocycles. The third kappa shape index (κ3) is 4.81. The van der Waals surface area contributed by atoms with Crippen molar-refractivity contribution in [1.82, 2.24) is 9.80 Å². The summed E-state index contributed by atoms with van der Waals surface area (Å²) in [7, 11) is 0. The minimum absolute atomic E-state index is 0.0861. The van der Waals surface area contributed by atoms with E-state index in [1.165, 1.54) is 11.8 Å². The summed E-state index contributed by atoms with van der Waals surface area (Å²) in [4.78, 5) is 50.3. The maximum absolute atomic E-state index is 13.1. The first-order valence-corrected chi connectivity index (χ1v) is 9.34. The zero-order valence-corrected chi connectivity index (χ0v) is 15.2. The summed E-state index contributed by atoms with van der Waals surface area (Å²) in [5.41, 5.74) is 0. The number of Topliss-reactive ketones (excluding diaryl/α,β-unsaturated/α-hetero) is 1. The third-order valence-electron chi connectivity index (χ3n) is 5.34. The molecule has 146 valence electrons. The fourth-order valence-electron chi connectivity index (χ4n) is 4.05. The van der Waals surface area contributed by atoms with Crippen LogP contribution >= 0.6 is 0 Å². The van der Waals surface area contributed by atoms with Crippen LogP contribution in [-0.4, -0.2) is 74.9 Å². The highest BCUT2D eigenvalue weighted by molar-refractivity contribution is 5.88. The number of unbranched alkanes of at least 4 members (excludes halogenated alkanes) is 1. The highest BCUT2D eigenvalue weighted by Gasteiger charge is 2.43. The Bertz CT molecular complexity index is 564. The van der Waals surface area contributed by atoms with Gasteiger partial charge in [-0.3, -0.25) is 14.5 Å². The van der Waals surface area contributed by atoms with Crippen molar-refractivity contribution in [2.75, 3.05) is 13.1 Å². The minimum atomic E-state index is -1.01. The van der Waals surface area contributed by atoms with Crippen LogP contribution in [0.2, 0.25) is 0 Å². The molecule has 3 atom stereocenters. The molecule has 1 unspecified atom stereocenters. The van der Waals surface area contributed by atoms with Crippen molar-refractivity contribution in [3.8, 4) is 0 Å². The maximum atomic E-state index is 13.1. The van der Waals surface area contributed by atoms with Gasteiger partial charge in [0.2, 0.25) is 5.91 Å². The molecule has 2 heterocycles. The van der Waals surface area contributed by atoms with E-state index in [4.69, 9.17) is 0 Å². The van der Waals surface area contributed by atoms with Crippen molar-refractivity contribution >= 4 is 23.6 Å². The summed E-state index contributed by atoms with van der Waals surface area (Å²) in [6.45, 7) is 2.43. The fourth-order valence-corrected chi connectivity index (χ4v) is 4.05. The van der Waals surface area contributed by atoms with Gasteiger partial charge in [0.05, 0.1) is 6.04 Å². The van der Waals surface area contributed by atoms with Gasteiger partial charge in [0, 0.05) is 13.0 Å². The van der Waals surface area contributed by atoms with Crippen LogP contribution < -0.4 is 0 Å². The van der Waals surface area contributed by atoms with Gasteiger partial charge in [0.25, 0.3) is 0 Å². The lowest BCUT2D eigenvalue weighted by atomic mass is 10.0. The monoisotopic (exact) mass is 368 g/mol. The van der Waals surface area contributed by atoms with Crippen LogP contribution in [0, 0.1) is 0 Å². The molecule has 8 nitrogen and oxygen atoms in total. The number of amides is 1. The lowest BCUT2D eigenvalue weighted by molar-refractivity contribution is -0.153. The largest absolute Gasteiger partial charge is 0.480 e. The molecule has 0 bridgehead atoms. The van der Waals surface area contributed by atoms with Gasteiger partial charge in [-0.15, -0.1) is 0 Å². The number of likely N-dealkylation sites (tertiary alicyclic amines) is 2. The SMILES string of the molecule is CC(=O)CCCC[C@H](C(=O)N1CCCC1C(=O)O)N1CCC[C@@H]1C(=O)O. The van der Waals surface area contributed by atoms with E-state index in [1.807, 2.05) is 0 Å². The Morgan fingerprint density at radius 2 is 1.58 bits per heavy atom. The van der Waals surface area contributed by atoms with Gasteiger partial charge in [-0.25, -0.2) is 4.79 Å². The Kier molecular flexibility index (Phi) is 7.14. The minimum Gasteiger partial charge on any atom is -0.480 e. The van der Waals surface area contributed by atoms with Crippen LogP contribution in [-0.2, 0) is 19.2 Å². The number of carboxylic acids is 2. The van der Waals surface area contributed by atoms with Crippen LogP contribution in [0.4, 0.5) is 0 Å². The van der Waals surface area contributed by atoms with E-state index < -0.39 is 30.1 Å². The van der Waals surface area contributed by atoms with E-state index in [2.05, 4.69) is 0 Å². The number of ketones is 1. The van der Waals surface area contributed by atoms with Gasteiger partial charge < -0.3 is 19.9 Å². The van der Waals surface area contributed by atoms with Crippen LogP contribution in [0.3, 0.4) is 0 Å². The molecule has 0 aromatic rings. The second-order valence-corrected chi connectivity index (χ2v) is 7.23. The molecule has 2 saturated heterocycles. The van der Waals surface area contributed by atoms with Crippen molar-refractivity contribution in [3.05, 3.63) is 0 Å². The molecule has 2 aliphatic rings.